The summed E-state index contributed by atoms with van der Waals surface area (Å²) >= 11 is 0. The Morgan fingerprint density at radius 1 is 1.21 bits per heavy atom. The Morgan fingerprint density at radius 3 is 2.66 bits per heavy atom. The zero-order valence-corrected chi connectivity index (χ0v) is 18.0. The summed E-state index contributed by atoms with van der Waals surface area (Å²) in [6.45, 7) is 8.51. The fourth-order valence-corrected chi connectivity index (χ4v) is 3.96. The van der Waals surface area contributed by atoms with Gasteiger partial charge in [-0.1, -0.05) is 23.8 Å². The molecule has 3 rings (SSSR count). The summed E-state index contributed by atoms with van der Waals surface area (Å²) in [5, 5.41) is 6.89. The predicted molar refractivity (Wildman–Crippen MR) is 119 cm³/mol. The van der Waals surface area contributed by atoms with Crippen molar-refractivity contribution in [3.8, 4) is 5.75 Å². The molecule has 29 heavy (non-hydrogen) atoms. The third kappa shape index (κ3) is 6.75. The second-order valence-electron chi connectivity index (χ2n) is 7.62. The van der Waals surface area contributed by atoms with Crippen LogP contribution in [0.4, 0.5) is 0 Å². The molecule has 0 spiro atoms. The van der Waals surface area contributed by atoms with Crippen LogP contribution in [0.25, 0.3) is 0 Å². The lowest BCUT2D eigenvalue weighted by atomic mass is 10.1. The number of methoxy groups -OCH3 is 1. The molecular weight excluding hydrogens is 364 g/mol. The first-order chi connectivity index (χ1) is 14.3. The molecule has 1 aromatic carbocycles. The molecule has 2 aliphatic heterocycles. The summed E-state index contributed by atoms with van der Waals surface area (Å²) in [4.78, 5) is 7.49. The molecule has 6 nitrogen and oxygen atoms in total. The van der Waals surface area contributed by atoms with E-state index in [1.54, 1.807) is 7.11 Å². The first-order valence-corrected chi connectivity index (χ1v) is 11.0. The zero-order valence-electron chi connectivity index (χ0n) is 18.0. The number of ether oxygens (including phenoxy) is 2. The summed E-state index contributed by atoms with van der Waals surface area (Å²) in [5.41, 5.74) is 2.78. The van der Waals surface area contributed by atoms with E-state index in [2.05, 4.69) is 40.7 Å². The average molecular weight is 401 g/mol. The predicted octanol–water partition coefficient (Wildman–Crippen LogP) is 3.12. The highest BCUT2D eigenvalue weighted by atomic mass is 16.5. The van der Waals surface area contributed by atoms with E-state index in [0.29, 0.717) is 6.04 Å². The van der Waals surface area contributed by atoms with Gasteiger partial charge in [-0.2, -0.15) is 0 Å². The monoisotopic (exact) mass is 400 g/mol. The van der Waals surface area contributed by atoms with E-state index in [4.69, 9.17) is 14.5 Å². The van der Waals surface area contributed by atoms with Gasteiger partial charge in [0.25, 0.3) is 0 Å². The lowest BCUT2D eigenvalue weighted by Gasteiger charge is -2.27. The second kappa shape index (κ2) is 11.8. The lowest BCUT2D eigenvalue weighted by Crippen LogP contribution is -2.39. The van der Waals surface area contributed by atoms with Crippen LogP contribution in [-0.4, -0.2) is 63.9 Å². The third-order valence-electron chi connectivity index (χ3n) is 5.64. The molecular formula is C23H36N4O2. The second-order valence-corrected chi connectivity index (χ2v) is 7.62. The van der Waals surface area contributed by atoms with Crippen molar-refractivity contribution >= 4 is 5.96 Å². The van der Waals surface area contributed by atoms with Gasteiger partial charge in [-0.15, -0.1) is 0 Å². The van der Waals surface area contributed by atoms with Crippen molar-refractivity contribution in [2.45, 2.75) is 38.6 Å². The van der Waals surface area contributed by atoms with Gasteiger partial charge in [0, 0.05) is 13.1 Å². The minimum absolute atomic E-state index is 0.303. The van der Waals surface area contributed by atoms with Crippen molar-refractivity contribution in [1.29, 1.82) is 0 Å². The van der Waals surface area contributed by atoms with E-state index >= 15 is 0 Å². The van der Waals surface area contributed by atoms with Crippen molar-refractivity contribution in [2.75, 3.05) is 53.0 Å². The molecule has 0 saturated carbocycles. The molecule has 1 saturated heterocycles. The highest BCUT2D eigenvalue weighted by molar-refractivity contribution is 5.79. The highest BCUT2D eigenvalue weighted by Gasteiger charge is 2.23. The molecule has 2 aliphatic rings. The van der Waals surface area contributed by atoms with Crippen LogP contribution >= 0.6 is 0 Å². The average Bonchev–Trinajstić information content (AvgIpc) is 3.29. The van der Waals surface area contributed by atoms with Crippen LogP contribution in [0.2, 0.25) is 0 Å². The maximum Gasteiger partial charge on any atom is 0.191 e. The van der Waals surface area contributed by atoms with E-state index in [9.17, 15) is 0 Å². The van der Waals surface area contributed by atoms with E-state index < -0.39 is 0 Å². The Kier molecular flexibility index (Phi) is 8.83. The van der Waals surface area contributed by atoms with Crippen molar-refractivity contribution < 1.29 is 9.47 Å². The molecule has 0 aliphatic carbocycles. The number of nitrogens with zero attached hydrogens (tertiary/aromatic N) is 2. The van der Waals surface area contributed by atoms with Crippen LogP contribution in [0.15, 0.2) is 40.9 Å². The van der Waals surface area contributed by atoms with Gasteiger partial charge in [0.1, 0.15) is 5.75 Å². The van der Waals surface area contributed by atoms with Crippen LogP contribution in [-0.2, 0) is 4.74 Å². The topological polar surface area (TPSA) is 58.1 Å². The summed E-state index contributed by atoms with van der Waals surface area (Å²) < 4.78 is 10.7. The Hall–Kier alpha value is -2.05. The van der Waals surface area contributed by atoms with Gasteiger partial charge in [-0.25, -0.2) is 0 Å². The Labute approximate surface area is 175 Å². The molecule has 1 aromatic rings. The first kappa shape index (κ1) is 21.7. The molecule has 1 fully saturated rings. The number of hydrogen-bond donors (Lipinski definition) is 2. The molecule has 1 atom stereocenters. The molecule has 0 amide bonds. The SMILES string of the molecule is CCNC(=NCC(c1ccc(OC)cc1)N1CCCC1)NCCC1=CCOCC1. The Bertz CT molecular complexity index is 666. The quantitative estimate of drug-likeness (QED) is 0.379. The zero-order chi connectivity index (χ0) is 20.3. The number of aliphatic imine (C=N–C) groups is 1. The maximum atomic E-state index is 5.39. The van der Waals surface area contributed by atoms with Crippen molar-refractivity contribution in [3.63, 3.8) is 0 Å². The van der Waals surface area contributed by atoms with Crippen LogP contribution in [0.1, 0.15) is 44.2 Å². The number of benzene rings is 1. The van der Waals surface area contributed by atoms with Gasteiger partial charge in [-0.3, -0.25) is 9.89 Å². The molecule has 0 aromatic heterocycles. The molecule has 2 heterocycles. The van der Waals surface area contributed by atoms with Crippen LogP contribution in [0.5, 0.6) is 5.75 Å². The Morgan fingerprint density at radius 2 is 2.00 bits per heavy atom. The van der Waals surface area contributed by atoms with E-state index in [-0.39, 0.29) is 0 Å². The van der Waals surface area contributed by atoms with Crippen molar-refractivity contribution in [1.82, 2.24) is 15.5 Å². The smallest absolute Gasteiger partial charge is 0.191 e. The normalized spacial score (nSPS) is 19.0. The van der Waals surface area contributed by atoms with E-state index in [1.165, 1.54) is 24.0 Å². The van der Waals surface area contributed by atoms with Crippen molar-refractivity contribution in [3.05, 3.63) is 41.5 Å². The van der Waals surface area contributed by atoms with E-state index in [0.717, 1.165) is 70.5 Å². The molecule has 1 unspecified atom stereocenters. The summed E-state index contributed by atoms with van der Waals surface area (Å²) in [6.07, 6.45) is 6.84. The van der Waals surface area contributed by atoms with Gasteiger partial charge in [0.2, 0.25) is 0 Å². The summed E-state index contributed by atoms with van der Waals surface area (Å²) in [5.74, 6) is 1.80. The maximum absolute atomic E-state index is 5.39. The number of guanidine groups is 1. The molecule has 2 N–H and O–H groups in total. The fourth-order valence-electron chi connectivity index (χ4n) is 3.96. The Balaban J connectivity index is 1.62. The lowest BCUT2D eigenvalue weighted by molar-refractivity contribution is 0.153. The fraction of sp³-hybridized carbons (Fsp3) is 0.609. The molecule has 160 valence electrons. The highest BCUT2D eigenvalue weighted by Crippen LogP contribution is 2.27. The molecule has 0 bridgehead atoms. The van der Waals surface area contributed by atoms with Crippen LogP contribution in [0, 0.1) is 0 Å². The largest absolute Gasteiger partial charge is 0.497 e. The number of nitrogens with one attached hydrogen (secondary N) is 2. The van der Waals surface area contributed by atoms with Gasteiger partial charge in [0.05, 0.1) is 32.9 Å². The number of rotatable bonds is 9. The van der Waals surface area contributed by atoms with Crippen LogP contribution < -0.4 is 15.4 Å². The van der Waals surface area contributed by atoms with Crippen molar-refractivity contribution in [2.24, 2.45) is 4.99 Å². The van der Waals surface area contributed by atoms with E-state index in [1.807, 2.05) is 12.1 Å². The number of likely N-dealkylation sites (tertiary alicyclic amines) is 1. The van der Waals surface area contributed by atoms with Gasteiger partial charge in [-0.05, 0) is 63.4 Å². The van der Waals surface area contributed by atoms with Gasteiger partial charge in [0.15, 0.2) is 5.96 Å². The summed E-state index contributed by atoms with van der Waals surface area (Å²) in [7, 11) is 1.71. The standard InChI is InChI=1S/C23H36N4O2/c1-3-24-23(25-13-10-19-11-16-29-17-12-19)26-18-22(27-14-4-5-15-27)20-6-8-21(28-2)9-7-20/h6-9,11,22H,3-5,10,12-18H2,1-2H3,(H2,24,25,26). The molecule has 6 heteroatoms. The minimum atomic E-state index is 0.303. The number of hydrogen-bond acceptors (Lipinski definition) is 4. The summed E-state index contributed by atoms with van der Waals surface area (Å²) in [6, 6.07) is 8.75. The molecule has 0 radical (unpaired) electrons. The first-order valence-electron chi connectivity index (χ1n) is 11.0. The third-order valence-corrected chi connectivity index (χ3v) is 5.64. The van der Waals surface area contributed by atoms with Gasteiger partial charge < -0.3 is 20.1 Å². The minimum Gasteiger partial charge on any atom is -0.497 e. The van der Waals surface area contributed by atoms with Gasteiger partial charge >= 0.3 is 0 Å². The van der Waals surface area contributed by atoms with Crippen LogP contribution in [0.3, 0.4) is 0 Å².